The van der Waals surface area contributed by atoms with E-state index in [2.05, 4.69) is 5.32 Å². The Morgan fingerprint density at radius 1 is 1.15 bits per heavy atom. The van der Waals surface area contributed by atoms with Crippen LogP contribution in [0.25, 0.3) is 0 Å². The van der Waals surface area contributed by atoms with Gasteiger partial charge < -0.3 is 5.32 Å². The van der Waals surface area contributed by atoms with Crippen LogP contribution < -0.4 is 5.32 Å². The van der Waals surface area contributed by atoms with Crippen molar-refractivity contribution in [2.24, 2.45) is 0 Å². The van der Waals surface area contributed by atoms with E-state index in [1.54, 1.807) is 37.3 Å². The molecule has 2 rings (SSSR count). The van der Waals surface area contributed by atoms with Crippen molar-refractivity contribution in [1.82, 2.24) is 5.32 Å². The molecule has 0 aliphatic rings. The SMILES string of the molecule is C[C@H](NC(=O)CS(=O)(=O)Cc1ccc(C#N)cc1)c1ccc(Cl)c(Cl)c1. The number of sulfone groups is 1. The molecule has 0 aliphatic carbocycles. The van der Waals surface area contributed by atoms with Crippen LogP contribution in [0.3, 0.4) is 0 Å². The summed E-state index contributed by atoms with van der Waals surface area (Å²) in [6.07, 6.45) is 0. The van der Waals surface area contributed by atoms with E-state index < -0.39 is 27.5 Å². The lowest BCUT2D eigenvalue weighted by Gasteiger charge is -2.15. The van der Waals surface area contributed by atoms with Gasteiger partial charge >= 0.3 is 0 Å². The molecular formula is C18H16Cl2N2O3S. The summed E-state index contributed by atoms with van der Waals surface area (Å²) in [5.41, 5.74) is 1.69. The summed E-state index contributed by atoms with van der Waals surface area (Å²) in [6.45, 7) is 1.73. The second-order valence-corrected chi connectivity index (χ2v) is 8.68. The third kappa shape index (κ3) is 5.73. The molecule has 0 heterocycles. The van der Waals surface area contributed by atoms with Gasteiger partial charge in [-0.3, -0.25) is 4.79 Å². The zero-order valence-corrected chi connectivity index (χ0v) is 16.2. The third-order valence-corrected chi connectivity index (χ3v) is 5.86. The zero-order chi connectivity index (χ0) is 19.3. The highest BCUT2D eigenvalue weighted by Crippen LogP contribution is 2.25. The van der Waals surface area contributed by atoms with Gasteiger partial charge in [0, 0.05) is 0 Å². The van der Waals surface area contributed by atoms with Crippen molar-refractivity contribution in [2.75, 3.05) is 5.75 Å². The van der Waals surface area contributed by atoms with Crippen LogP contribution in [0.5, 0.6) is 0 Å². The molecule has 0 unspecified atom stereocenters. The van der Waals surface area contributed by atoms with E-state index in [9.17, 15) is 13.2 Å². The minimum atomic E-state index is -3.64. The minimum absolute atomic E-state index is 0.271. The number of rotatable bonds is 6. The molecule has 0 saturated carbocycles. The lowest BCUT2D eigenvalue weighted by atomic mass is 10.1. The maximum atomic E-state index is 12.2. The Kier molecular flexibility index (Phi) is 6.65. The minimum Gasteiger partial charge on any atom is -0.349 e. The number of carbonyl (C=O) groups is 1. The van der Waals surface area contributed by atoms with Gasteiger partial charge in [-0.1, -0.05) is 41.4 Å². The van der Waals surface area contributed by atoms with Crippen LogP contribution in [0, 0.1) is 11.3 Å². The fraction of sp³-hybridized carbons (Fsp3) is 0.222. The zero-order valence-electron chi connectivity index (χ0n) is 13.9. The van der Waals surface area contributed by atoms with Crippen LogP contribution in [0.2, 0.25) is 10.0 Å². The van der Waals surface area contributed by atoms with Crippen molar-refractivity contribution in [2.45, 2.75) is 18.7 Å². The van der Waals surface area contributed by atoms with Gasteiger partial charge in [-0.25, -0.2) is 8.42 Å². The Morgan fingerprint density at radius 2 is 1.81 bits per heavy atom. The van der Waals surface area contributed by atoms with Crippen LogP contribution in [-0.4, -0.2) is 20.1 Å². The average molecular weight is 411 g/mol. The molecule has 1 N–H and O–H groups in total. The molecule has 1 atom stereocenters. The molecular weight excluding hydrogens is 395 g/mol. The van der Waals surface area contributed by atoms with Crippen molar-refractivity contribution < 1.29 is 13.2 Å². The molecule has 0 radical (unpaired) electrons. The highest BCUT2D eigenvalue weighted by atomic mass is 35.5. The smallest absolute Gasteiger partial charge is 0.235 e. The number of nitriles is 1. The quantitative estimate of drug-likeness (QED) is 0.786. The monoisotopic (exact) mass is 410 g/mol. The fourth-order valence-electron chi connectivity index (χ4n) is 2.33. The van der Waals surface area contributed by atoms with Crippen LogP contribution in [0.4, 0.5) is 0 Å². The second kappa shape index (κ2) is 8.54. The first-order valence-electron chi connectivity index (χ1n) is 7.64. The standard InChI is InChI=1S/C18H16Cl2N2O3S/c1-12(15-6-7-16(19)17(20)8-15)22-18(23)11-26(24,25)10-14-4-2-13(9-21)3-5-14/h2-8,12H,10-11H2,1H3,(H,22,23)/t12-/m0/s1. The van der Waals surface area contributed by atoms with Gasteiger partial charge in [0.05, 0.1) is 33.5 Å². The lowest BCUT2D eigenvalue weighted by Crippen LogP contribution is -2.32. The Bertz CT molecular complexity index is 951. The molecule has 136 valence electrons. The predicted octanol–water partition coefficient (Wildman–Crippen LogP) is 3.66. The van der Waals surface area contributed by atoms with Crippen molar-refractivity contribution in [3.63, 3.8) is 0 Å². The van der Waals surface area contributed by atoms with Crippen molar-refractivity contribution in [3.8, 4) is 6.07 Å². The van der Waals surface area contributed by atoms with Gasteiger partial charge in [0.1, 0.15) is 5.75 Å². The summed E-state index contributed by atoms with van der Waals surface area (Å²) in [7, 11) is -3.64. The molecule has 0 aromatic heterocycles. The predicted molar refractivity (Wildman–Crippen MR) is 102 cm³/mol. The van der Waals surface area contributed by atoms with Crippen LogP contribution >= 0.6 is 23.2 Å². The summed E-state index contributed by atoms with van der Waals surface area (Å²) in [5.74, 6) is -1.50. The number of nitrogens with one attached hydrogen (secondary N) is 1. The second-order valence-electron chi connectivity index (χ2n) is 5.80. The highest BCUT2D eigenvalue weighted by Gasteiger charge is 2.19. The molecule has 0 aliphatic heterocycles. The van der Waals surface area contributed by atoms with Gasteiger partial charge in [0.25, 0.3) is 0 Å². The van der Waals surface area contributed by atoms with Gasteiger partial charge in [-0.15, -0.1) is 0 Å². The molecule has 0 saturated heterocycles. The number of hydrogen-bond acceptors (Lipinski definition) is 4. The van der Waals surface area contributed by atoms with Crippen LogP contribution in [0.15, 0.2) is 42.5 Å². The number of amides is 1. The summed E-state index contributed by atoms with van der Waals surface area (Å²) in [6, 6.07) is 12.7. The Hall–Kier alpha value is -2.07. The van der Waals surface area contributed by atoms with Gasteiger partial charge in [0.2, 0.25) is 5.91 Å². The summed E-state index contributed by atoms with van der Waals surface area (Å²) < 4.78 is 24.4. The molecule has 2 aromatic rings. The largest absolute Gasteiger partial charge is 0.349 e. The molecule has 0 fully saturated rings. The Labute approximate surface area is 162 Å². The van der Waals surface area contributed by atoms with E-state index in [4.69, 9.17) is 28.5 Å². The number of benzene rings is 2. The molecule has 2 aromatic carbocycles. The van der Waals surface area contributed by atoms with Crippen molar-refractivity contribution in [1.29, 1.82) is 5.26 Å². The first-order chi connectivity index (χ1) is 12.2. The number of hydrogen-bond donors (Lipinski definition) is 1. The molecule has 26 heavy (non-hydrogen) atoms. The molecule has 5 nitrogen and oxygen atoms in total. The Morgan fingerprint density at radius 3 is 2.38 bits per heavy atom. The van der Waals surface area contributed by atoms with E-state index in [1.807, 2.05) is 6.07 Å². The summed E-state index contributed by atoms with van der Waals surface area (Å²) >= 11 is 11.8. The summed E-state index contributed by atoms with van der Waals surface area (Å²) in [4.78, 5) is 12.1. The van der Waals surface area contributed by atoms with E-state index in [1.165, 1.54) is 12.1 Å². The molecule has 1 amide bonds. The molecule has 0 bridgehead atoms. The van der Waals surface area contributed by atoms with Crippen molar-refractivity contribution in [3.05, 3.63) is 69.2 Å². The van der Waals surface area contributed by atoms with E-state index >= 15 is 0 Å². The van der Waals surface area contributed by atoms with E-state index in [0.29, 0.717) is 21.2 Å². The fourth-order valence-corrected chi connectivity index (χ4v) is 3.92. The van der Waals surface area contributed by atoms with Crippen molar-refractivity contribution >= 4 is 38.9 Å². The first kappa shape index (κ1) is 20.2. The molecule has 8 heteroatoms. The van der Waals surface area contributed by atoms with E-state index in [-0.39, 0.29) is 5.75 Å². The summed E-state index contributed by atoms with van der Waals surface area (Å²) in [5, 5.41) is 12.2. The lowest BCUT2D eigenvalue weighted by molar-refractivity contribution is -0.119. The third-order valence-electron chi connectivity index (χ3n) is 3.64. The van der Waals surface area contributed by atoms with Crippen LogP contribution in [0.1, 0.15) is 29.7 Å². The van der Waals surface area contributed by atoms with Gasteiger partial charge in [0.15, 0.2) is 9.84 Å². The first-order valence-corrected chi connectivity index (χ1v) is 10.2. The van der Waals surface area contributed by atoms with Gasteiger partial charge in [-0.2, -0.15) is 5.26 Å². The van der Waals surface area contributed by atoms with Crippen LogP contribution in [-0.2, 0) is 20.4 Å². The maximum Gasteiger partial charge on any atom is 0.235 e. The number of carbonyl (C=O) groups excluding carboxylic acids is 1. The van der Waals surface area contributed by atoms with E-state index in [0.717, 1.165) is 5.56 Å². The number of halogens is 2. The number of nitrogens with zero attached hydrogens (tertiary/aromatic N) is 1. The Balaban J connectivity index is 1.98. The highest BCUT2D eigenvalue weighted by molar-refractivity contribution is 7.91. The average Bonchev–Trinajstić information content (AvgIpc) is 2.56. The maximum absolute atomic E-state index is 12.2. The molecule has 0 spiro atoms. The van der Waals surface area contributed by atoms with Gasteiger partial charge in [-0.05, 0) is 42.3 Å². The topological polar surface area (TPSA) is 87.0 Å². The normalized spacial score (nSPS) is 12.2.